The van der Waals surface area contributed by atoms with Crippen LogP contribution in [-0.4, -0.2) is 31.6 Å². The Hall–Kier alpha value is -1.72. The smallest absolute Gasteiger partial charge is 0.293 e. The van der Waals surface area contributed by atoms with Gasteiger partial charge < -0.3 is 19.0 Å². The first-order valence-corrected chi connectivity index (χ1v) is 5.21. The molecule has 1 aromatic carbocycles. The third-order valence-corrected chi connectivity index (χ3v) is 2.50. The number of carbonyl (C=O) groups is 2. The summed E-state index contributed by atoms with van der Waals surface area (Å²) in [6, 6.07) is 9.26. The van der Waals surface area contributed by atoms with Crippen LogP contribution in [0.4, 0.5) is 0 Å². The van der Waals surface area contributed by atoms with Crippen molar-refractivity contribution in [1.29, 1.82) is 0 Å². The van der Waals surface area contributed by atoms with E-state index in [-0.39, 0.29) is 13.1 Å². The van der Waals surface area contributed by atoms with Crippen molar-refractivity contribution in [2.75, 3.05) is 6.61 Å². The fourth-order valence-corrected chi connectivity index (χ4v) is 1.64. The molecule has 0 saturated carbocycles. The lowest BCUT2D eigenvalue weighted by Gasteiger charge is -2.32. The lowest BCUT2D eigenvalue weighted by Crippen LogP contribution is -2.42. The van der Waals surface area contributed by atoms with Crippen LogP contribution in [0, 0.1) is 0 Å². The van der Waals surface area contributed by atoms with E-state index >= 15 is 0 Å². The van der Waals surface area contributed by atoms with Crippen molar-refractivity contribution in [2.45, 2.75) is 18.5 Å². The molecule has 3 atom stereocenters. The summed E-state index contributed by atoms with van der Waals surface area (Å²) in [5, 5.41) is 0. The Bertz CT molecular complexity index is 378. The zero-order valence-electron chi connectivity index (χ0n) is 9.02. The third kappa shape index (κ3) is 2.69. The maximum Gasteiger partial charge on any atom is 0.293 e. The molecule has 1 aromatic rings. The number of rotatable bonds is 4. The molecule has 0 unspecified atom stereocenters. The van der Waals surface area contributed by atoms with Gasteiger partial charge in [0.2, 0.25) is 0 Å². The van der Waals surface area contributed by atoms with Crippen LogP contribution < -0.4 is 0 Å². The molecule has 1 aliphatic rings. The Morgan fingerprint density at radius 1 is 1.24 bits per heavy atom. The fraction of sp³-hybridized carbons (Fsp3) is 0.333. The molecule has 17 heavy (non-hydrogen) atoms. The molecule has 5 nitrogen and oxygen atoms in total. The lowest BCUT2D eigenvalue weighted by atomic mass is 10.1. The van der Waals surface area contributed by atoms with E-state index in [1.165, 1.54) is 0 Å². The SMILES string of the molecule is O=CO[C@@H]1CO[C@@H](c2ccccc2)O[C@H]1C=O. The van der Waals surface area contributed by atoms with Crippen LogP contribution >= 0.6 is 0 Å². The first kappa shape index (κ1) is 11.8. The van der Waals surface area contributed by atoms with Gasteiger partial charge in [-0.25, -0.2) is 0 Å². The molecule has 2 rings (SSSR count). The van der Waals surface area contributed by atoms with E-state index in [1.807, 2.05) is 30.3 Å². The average molecular weight is 236 g/mol. The quantitative estimate of drug-likeness (QED) is 0.725. The molecule has 0 amide bonds. The Kier molecular flexibility index (Phi) is 3.85. The topological polar surface area (TPSA) is 61.8 Å². The van der Waals surface area contributed by atoms with Gasteiger partial charge in [0.15, 0.2) is 24.8 Å². The summed E-state index contributed by atoms with van der Waals surface area (Å²) < 4.78 is 15.5. The highest BCUT2D eigenvalue weighted by atomic mass is 16.7. The highest BCUT2D eigenvalue weighted by Gasteiger charge is 2.33. The zero-order valence-corrected chi connectivity index (χ0v) is 9.02. The zero-order chi connectivity index (χ0) is 12.1. The van der Waals surface area contributed by atoms with E-state index in [2.05, 4.69) is 0 Å². The van der Waals surface area contributed by atoms with Crippen molar-refractivity contribution in [3.05, 3.63) is 35.9 Å². The molecule has 0 spiro atoms. The van der Waals surface area contributed by atoms with Crippen molar-refractivity contribution in [2.24, 2.45) is 0 Å². The minimum absolute atomic E-state index is 0.141. The van der Waals surface area contributed by atoms with E-state index in [4.69, 9.17) is 14.2 Å². The first-order chi connectivity index (χ1) is 8.35. The second-order valence-electron chi connectivity index (χ2n) is 3.58. The van der Waals surface area contributed by atoms with Crippen LogP contribution in [-0.2, 0) is 23.8 Å². The van der Waals surface area contributed by atoms with Crippen LogP contribution in [0.2, 0.25) is 0 Å². The van der Waals surface area contributed by atoms with Crippen LogP contribution in [0.1, 0.15) is 11.9 Å². The van der Waals surface area contributed by atoms with Gasteiger partial charge in [0.25, 0.3) is 6.47 Å². The van der Waals surface area contributed by atoms with Gasteiger partial charge in [-0.1, -0.05) is 30.3 Å². The van der Waals surface area contributed by atoms with Crippen molar-refractivity contribution >= 4 is 12.8 Å². The van der Waals surface area contributed by atoms with E-state index < -0.39 is 18.5 Å². The standard InChI is InChI=1S/C12H12O5/c13-6-10-11(16-8-14)7-15-12(17-10)9-4-2-1-3-5-9/h1-6,8,10-12H,7H2/t10-,11+,12+/m0/s1. The normalized spacial score (nSPS) is 28.4. The van der Waals surface area contributed by atoms with Gasteiger partial charge in [0.05, 0.1) is 6.61 Å². The number of hydrogen-bond donors (Lipinski definition) is 0. The molecule has 1 fully saturated rings. The van der Waals surface area contributed by atoms with Gasteiger partial charge in [-0.3, -0.25) is 4.79 Å². The van der Waals surface area contributed by atoms with Gasteiger partial charge in [0.1, 0.15) is 0 Å². The Morgan fingerprint density at radius 3 is 2.65 bits per heavy atom. The van der Waals surface area contributed by atoms with Crippen molar-refractivity contribution in [3.63, 3.8) is 0 Å². The number of aldehydes is 1. The summed E-state index contributed by atoms with van der Waals surface area (Å²) in [4.78, 5) is 21.1. The van der Waals surface area contributed by atoms with E-state index in [1.54, 1.807) is 0 Å². The highest BCUT2D eigenvalue weighted by molar-refractivity contribution is 5.58. The van der Waals surface area contributed by atoms with Crippen molar-refractivity contribution in [1.82, 2.24) is 0 Å². The molecule has 1 heterocycles. The lowest BCUT2D eigenvalue weighted by molar-refractivity contribution is -0.249. The summed E-state index contributed by atoms with van der Waals surface area (Å²) in [6.07, 6.45) is -1.45. The molecule has 1 saturated heterocycles. The van der Waals surface area contributed by atoms with Crippen LogP contribution in [0.3, 0.4) is 0 Å². The maximum atomic E-state index is 10.8. The Labute approximate surface area is 98.3 Å². The second-order valence-corrected chi connectivity index (χ2v) is 3.58. The molecule has 1 aliphatic heterocycles. The minimum atomic E-state index is -0.792. The maximum absolute atomic E-state index is 10.8. The van der Waals surface area contributed by atoms with Gasteiger partial charge >= 0.3 is 0 Å². The second kappa shape index (κ2) is 5.56. The predicted molar refractivity (Wildman–Crippen MR) is 57.0 cm³/mol. The van der Waals surface area contributed by atoms with Gasteiger partial charge in [-0.15, -0.1) is 0 Å². The third-order valence-electron chi connectivity index (χ3n) is 2.50. The number of ether oxygens (including phenoxy) is 3. The molecular formula is C12H12O5. The first-order valence-electron chi connectivity index (χ1n) is 5.21. The molecule has 0 aromatic heterocycles. The molecule has 5 heteroatoms. The molecule has 0 bridgehead atoms. The van der Waals surface area contributed by atoms with Crippen LogP contribution in [0.5, 0.6) is 0 Å². The largest absolute Gasteiger partial charge is 0.459 e. The molecule has 0 aliphatic carbocycles. The van der Waals surface area contributed by atoms with E-state index in [0.717, 1.165) is 5.56 Å². The van der Waals surface area contributed by atoms with Crippen molar-refractivity contribution in [3.8, 4) is 0 Å². The Morgan fingerprint density at radius 2 is 2.00 bits per heavy atom. The minimum Gasteiger partial charge on any atom is -0.459 e. The molecular weight excluding hydrogens is 224 g/mol. The highest BCUT2D eigenvalue weighted by Crippen LogP contribution is 2.26. The number of benzene rings is 1. The summed E-state index contributed by atoms with van der Waals surface area (Å²) in [5.74, 6) is 0. The summed E-state index contributed by atoms with van der Waals surface area (Å²) in [5.41, 5.74) is 0.823. The van der Waals surface area contributed by atoms with Gasteiger partial charge in [0, 0.05) is 5.56 Å². The van der Waals surface area contributed by atoms with Crippen molar-refractivity contribution < 1.29 is 23.8 Å². The summed E-state index contributed by atoms with van der Waals surface area (Å²) in [6.45, 7) is 0.429. The Balaban J connectivity index is 2.06. The monoisotopic (exact) mass is 236 g/mol. The average Bonchev–Trinajstić information content (AvgIpc) is 2.40. The predicted octanol–water partition coefficient (Wildman–Crippen LogP) is 0.841. The molecule has 90 valence electrons. The van der Waals surface area contributed by atoms with E-state index in [0.29, 0.717) is 6.29 Å². The molecule has 0 radical (unpaired) electrons. The van der Waals surface area contributed by atoms with Crippen LogP contribution in [0.15, 0.2) is 30.3 Å². The van der Waals surface area contributed by atoms with E-state index in [9.17, 15) is 9.59 Å². The number of hydrogen-bond acceptors (Lipinski definition) is 5. The fourth-order valence-electron chi connectivity index (χ4n) is 1.64. The number of carbonyl (C=O) groups excluding carboxylic acids is 2. The summed E-state index contributed by atoms with van der Waals surface area (Å²) in [7, 11) is 0. The van der Waals surface area contributed by atoms with Crippen LogP contribution in [0.25, 0.3) is 0 Å². The summed E-state index contributed by atoms with van der Waals surface area (Å²) >= 11 is 0. The molecule has 0 N–H and O–H groups in total. The van der Waals surface area contributed by atoms with Gasteiger partial charge in [-0.05, 0) is 0 Å². The van der Waals surface area contributed by atoms with Gasteiger partial charge in [-0.2, -0.15) is 0 Å².